The molecule has 0 fully saturated rings. The van der Waals surface area contributed by atoms with Crippen molar-refractivity contribution in [3.63, 3.8) is 0 Å². The Kier molecular flexibility index (Phi) is 2.02. The topological polar surface area (TPSA) is 66.6 Å². The molecule has 74 valence electrons. The van der Waals surface area contributed by atoms with Crippen LogP contribution in [0.5, 0.6) is 0 Å². The molecular formula is C10H12N2O2. The van der Waals surface area contributed by atoms with Gasteiger partial charge in [-0.05, 0) is 30.5 Å². The maximum atomic E-state index is 11.4. The number of anilines is 1. The van der Waals surface area contributed by atoms with Crippen molar-refractivity contribution < 1.29 is 10.0 Å². The summed E-state index contributed by atoms with van der Waals surface area (Å²) in [6, 6.07) is 4.98. The number of hydroxylamine groups is 1. The molecule has 1 atom stereocenters. The minimum atomic E-state index is -0.629. The standard InChI is InChI=1S/C10H12N2O2/c1-6-2-3-7-5-8(11)10(13)12(14)9(7)4-6/h2-4,8,14H,5,11H2,1H3/t8-/m1/s1. The highest BCUT2D eigenvalue weighted by atomic mass is 16.5. The first-order chi connectivity index (χ1) is 6.59. The molecule has 1 aromatic carbocycles. The minimum absolute atomic E-state index is 0.442. The summed E-state index contributed by atoms with van der Waals surface area (Å²) in [6.45, 7) is 1.91. The second-order valence-electron chi connectivity index (χ2n) is 3.59. The van der Waals surface area contributed by atoms with Gasteiger partial charge >= 0.3 is 0 Å². The zero-order valence-electron chi connectivity index (χ0n) is 7.90. The monoisotopic (exact) mass is 192 g/mol. The third-order valence-electron chi connectivity index (χ3n) is 2.43. The predicted molar refractivity (Wildman–Crippen MR) is 52.1 cm³/mol. The highest BCUT2D eigenvalue weighted by Crippen LogP contribution is 2.26. The Labute approximate surface area is 81.9 Å². The molecule has 1 amide bonds. The van der Waals surface area contributed by atoms with Gasteiger partial charge in [0.25, 0.3) is 5.91 Å². The molecule has 0 radical (unpaired) electrons. The first kappa shape index (κ1) is 9.18. The molecule has 0 aromatic heterocycles. The Hall–Kier alpha value is -1.39. The molecule has 4 nitrogen and oxygen atoms in total. The van der Waals surface area contributed by atoms with Crippen LogP contribution in [0.4, 0.5) is 5.69 Å². The summed E-state index contributed by atoms with van der Waals surface area (Å²) >= 11 is 0. The number of aryl methyl sites for hydroxylation is 1. The summed E-state index contributed by atoms with van der Waals surface area (Å²) in [5.74, 6) is -0.442. The van der Waals surface area contributed by atoms with E-state index in [9.17, 15) is 10.0 Å². The van der Waals surface area contributed by atoms with E-state index in [4.69, 9.17) is 5.73 Å². The van der Waals surface area contributed by atoms with E-state index in [1.165, 1.54) is 0 Å². The van der Waals surface area contributed by atoms with Crippen LogP contribution in [-0.2, 0) is 11.2 Å². The van der Waals surface area contributed by atoms with Gasteiger partial charge in [0.15, 0.2) is 0 Å². The molecule has 0 unspecified atom stereocenters. The van der Waals surface area contributed by atoms with Gasteiger partial charge in [-0.3, -0.25) is 10.0 Å². The number of nitrogens with zero attached hydrogens (tertiary/aromatic N) is 1. The smallest absolute Gasteiger partial charge is 0.267 e. The Morgan fingerprint density at radius 2 is 2.29 bits per heavy atom. The zero-order chi connectivity index (χ0) is 10.3. The first-order valence-electron chi connectivity index (χ1n) is 4.47. The van der Waals surface area contributed by atoms with Crippen molar-refractivity contribution in [3.8, 4) is 0 Å². The van der Waals surface area contributed by atoms with E-state index < -0.39 is 11.9 Å². The van der Waals surface area contributed by atoms with Crippen molar-refractivity contribution >= 4 is 11.6 Å². The number of fused-ring (bicyclic) bond motifs is 1. The van der Waals surface area contributed by atoms with E-state index >= 15 is 0 Å². The quantitative estimate of drug-likeness (QED) is 0.591. The molecular weight excluding hydrogens is 180 g/mol. The summed E-state index contributed by atoms with van der Waals surface area (Å²) in [6.07, 6.45) is 0.492. The van der Waals surface area contributed by atoms with Gasteiger partial charge in [-0.2, -0.15) is 5.06 Å². The Bertz CT molecular complexity index is 390. The largest absolute Gasteiger partial charge is 0.320 e. The molecule has 1 heterocycles. The minimum Gasteiger partial charge on any atom is -0.320 e. The summed E-state index contributed by atoms with van der Waals surface area (Å²) in [5, 5.41) is 10.2. The van der Waals surface area contributed by atoms with Gasteiger partial charge in [0.05, 0.1) is 11.7 Å². The SMILES string of the molecule is Cc1ccc2c(c1)N(O)C(=O)[C@H](N)C2. The fraction of sp³-hybridized carbons (Fsp3) is 0.300. The Balaban J connectivity index is 2.51. The van der Waals surface area contributed by atoms with Crippen LogP contribution in [0.2, 0.25) is 0 Å². The maximum Gasteiger partial charge on any atom is 0.267 e. The molecule has 0 spiro atoms. The highest BCUT2D eigenvalue weighted by molar-refractivity contribution is 5.98. The number of hydrogen-bond acceptors (Lipinski definition) is 3. The van der Waals surface area contributed by atoms with Crippen molar-refractivity contribution in [2.75, 3.05) is 5.06 Å². The van der Waals surface area contributed by atoms with Crippen LogP contribution in [0.3, 0.4) is 0 Å². The van der Waals surface area contributed by atoms with Crippen LogP contribution in [0, 0.1) is 6.92 Å². The molecule has 2 rings (SSSR count). The van der Waals surface area contributed by atoms with Gasteiger partial charge in [-0.1, -0.05) is 12.1 Å². The van der Waals surface area contributed by atoms with Gasteiger partial charge in [-0.15, -0.1) is 0 Å². The molecule has 1 aromatic rings. The fourth-order valence-electron chi connectivity index (χ4n) is 1.64. The summed E-state index contributed by atoms with van der Waals surface area (Å²) in [4.78, 5) is 11.4. The van der Waals surface area contributed by atoms with Gasteiger partial charge in [0.1, 0.15) is 0 Å². The van der Waals surface area contributed by atoms with Crippen molar-refractivity contribution in [3.05, 3.63) is 29.3 Å². The lowest BCUT2D eigenvalue weighted by molar-refractivity contribution is -0.125. The average molecular weight is 192 g/mol. The second kappa shape index (κ2) is 3.08. The van der Waals surface area contributed by atoms with Gasteiger partial charge in [0.2, 0.25) is 0 Å². The summed E-state index contributed by atoms with van der Waals surface area (Å²) in [7, 11) is 0. The number of hydrogen-bond donors (Lipinski definition) is 2. The van der Waals surface area contributed by atoms with Gasteiger partial charge in [0, 0.05) is 0 Å². The first-order valence-corrected chi connectivity index (χ1v) is 4.47. The molecule has 14 heavy (non-hydrogen) atoms. The van der Waals surface area contributed by atoms with Crippen LogP contribution < -0.4 is 10.8 Å². The number of carbonyl (C=O) groups is 1. The number of nitrogens with two attached hydrogens (primary N) is 1. The van der Waals surface area contributed by atoms with E-state index in [0.29, 0.717) is 17.2 Å². The van der Waals surface area contributed by atoms with Crippen LogP contribution in [-0.4, -0.2) is 17.2 Å². The van der Waals surface area contributed by atoms with E-state index in [0.717, 1.165) is 11.1 Å². The van der Waals surface area contributed by atoms with E-state index in [1.807, 2.05) is 19.1 Å². The number of rotatable bonds is 0. The van der Waals surface area contributed by atoms with Crippen molar-refractivity contribution in [2.24, 2.45) is 5.73 Å². The number of carbonyl (C=O) groups excluding carboxylic acids is 1. The van der Waals surface area contributed by atoms with Crippen molar-refractivity contribution in [2.45, 2.75) is 19.4 Å². The van der Waals surface area contributed by atoms with E-state index in [1.54, 1.807) is 6.07 Å². The van der Waals surface area contributed by atoms with Crippen molar-refractivity contribution in [1.29, 1.82) is 0 Å². The molecule has 1 aliphatic rings. The second-order valence-corrected chi connectivity index (χ2v) is 3.59. The lowest BCUT2D eigenvalue weighted by atomic mass is 9.98. The Morgan fingerprint density at radius 3 is 3.00 bits per heavy atom. The highest BCUT2D eigenvalue weighted by Gasteiger charge is 2.29. The fourth-order valence-corrected chi connectivity index (χ4v) is 1.64. The van der Waals surface area contributed by atoms with Crippen molar-refractivity contribution in [1.82, 2.24) is 0 Å². The van der Waals surface area contributed by atoms with Crippen LogP contribution in [0.15, 0.2) is 18.2 Å². The molecule has 0 saturated carbocycles. The molecule has 0 aliphatic carbocycles. The lowest BCUT2D eigenvalue weighted by Gasteiger charge is -2.27. The number of amides is 1. The van der Waals surface area contributed by atoms with Crippen LogP contribution in [0.25, 0.3) is 0 Å². The molecule has 1 aliphatic heterocycles. The maximum absolute atomic E-state index is 11.4. The molecule has 4 heteroatoms. The molecule has 3 N–H and O–H groups in total. The Morgan fingerprint density at radius 1 is 1.57 bits per heavy atom. The van der Waals surface area contributed by atoms with Gasteiger partial charge in [-0.25, -0.2) is 0 Å². The summed E-state index contributed by atoms with van der Waals surface area (Å²) in [5.41, 5.74) is 8.04. The average Bonchev–Trinajstić information content (AvgIpc) is 2.16. The van der Waals surface area contributed by atoms with Crippen LogP contribution >= 0.6 is 0 Å². The molecule has 0 saturated heterocycles. The third-order valence-corrected chi connectivity index (χ3v) is 2.43. The summed E-state index contributed by atoms with van der Waals surface area (Å²) < 4.78 is 0. The third kappa shape index (κ3) is 1.29. The molecule has 0 bridgehead atoms. The zero-order valence-corrected chi connectivity index (χ0v) is 7.90. The van der Waals surface area contributed by atoms with E-state index in [2.05, 4.69) is 0 Å². The van der Waals surface area contributed by atoms with Crippen LogP contribution in [0.1, 0.15) is 11.1 Å². The predicted octanol–water partition coefficient (Wildman–Crippen LogP) is 0.601. The van der Waals surface area contributed by atoms with E-state index in [-0.39, 0.29) is 0 Å². The lowest BCUT2D eigenvalue weighted by Crippen LogP contribution is -2.47. The normalized spacial score (nSPS) is 20.9. The van der Waals surface area contributed by atoms with Gasteiger partial charge < -0.3 is 5.73 Å². The number of benzene rings is 1.